The van der Waals surface area contributed by atoms with Gasteiger partial charge in [-0.05, 0) is 27.7 Å². The van der Waals surface area contributed by atoms with Gasteiger partial charge in [0.05, 0.1) is 13.2 Å². The molecular weight excluding hydrogens is 348 g/mol. The second-order valence-corrected chi connectivity index (χ2v) is 6.85. The Morgan fingerprint density at radius 1 is 0.889 bits per heavy atom. The molecule has 5 atom stereocenters. The number of hydrogen-bond donors (Lipinski definition) is 4. The number of allylic oxidation sites excluding steroid dienone is 9. The third-order valence-corrected chi connectivity index (χ3v) is 4.02. The molecule has 4 N–H and O–H groups in total. The highest BCUT2D eigenvalue weighted by Crippen LogP contribution is 2.21. The van der Waals surface area contributed by atoms with Crippen LogP contribution in [0.15, 0.2) is 59.3 Å². The maximum absolute atomic E-state index is 9.90. The van der Waals surface area contributed by atoms with E-state index in [4.69, 9.17) is 14.6 Å². The molecule has 0 amide bonds. The Labute approximate surface area is 161 Å². The van der Waals surface area contributed by atoms with Crippen LogP contribution in [-0.4, -0.2) is 64.3 Å². The minimum Gasteiger partial charge on any atom is -0.394 e. The molecule has 1 unspecified atom stereocenters. The Hall–Kier alpha value is -1.54. The summed E-state index contributed by atoms with van der Waals surface area (Å²) in [6.45, 7) is 7.70. The molecule has 0 aromatic rings. The Morgan fingerprint density at radius 3 is 2.15 bits per heavy atom. The summed E-state index contributed by atoms with van der Waals surface area (Å²) in [6, 6.07) is 0. The standard InChI is InChI=1S/C21H32O6/c1-14(2)7-5-8-15(3)9-6-10-16(4)11-12-26-21-20(25)19(24)18(23)17(13-22)27-21/h5-11,17-25H,12-13H2,1-4H3/b8-5+,10-6+,15-9+,16-11+/t17-,18-,19+,20-,21?/m1/s1. The normalized spacial score (nSPS) is 30.3. The Morgan fingerprint density at radius 2 is 1.52 bits per heavy atom. The van der Waals surface area contributed by atoms with Crippen LogP contribution in [-0.2, 0) is 9.47 Å². The summed E-state index contributed by atoms with van der Waals surface area (Å²) in [4.78, 5) is 0. The van der Waals surface area contributed by atoms with E-state index in [0.29, 0.717) is 0 Å². The second kappa shape index (κ2) is 12.0. The fraction of sp³-hybridized carbons (Fsp3) is 0.524. The van der Waals surface area contributed by atoms with Crippen LogP contribution in [0.3, 0.4) is 0 Å². The van der Waals surface area contributed by atoms with Gasteiger partial charge in [0.15, 0.2) is 6.29 Å². The average Bonchev–Trinajstić information content (AvgIpc) is 2.61. The topological polar surface area (TPSA) is 99.4 Å². The van der Waals surface area contributed by atoms with Crippen LogP contribution in [0, 0.1) is 0 Å². The smallest absolute Gasteiger partial charge is 0.187 e. The van der Waals surface area contributed by atoms with E-state index in [-0.39, 0.29) is 6.61 Å². The predicted molar refractivity (Wildman–Crippen MR) is 105 cm³/mol. The van der Waals surface area contributed by atoms with E-state index in [2.05, 4.69) is 0 Å². The molecule has 1 heterocycles. The molecule has 6 nitrogen and oxygen atoms in total. The van der Waals surface area contributed by atoms with Gasteiger partial charge in [-0.3, -0.25) is 0 Å². The number of aliphatic hydroxyl groups is 4. The molecule has 1 saturated heterocycles. The fourth-order valence-electron chi connectivity index (χ4n) is 2.35. The number of hydrogen-bond acceptors (Lipinski definition) is 6. The van der Waals surface area contributed by atoms with Gasteiger partial charge in [0, 0.05) is 0 Å². The van der Waals surface area contributed by atoms with Crippen molar-refractivity contribution in [1.82, 2.24) is 0 Å². The van der Waals surface area contributed by atoms with Crippen molar-refractivity contribution in [2.45, 2.75) is 58.4 Å². The molecule has 1 aliphatic rings. The van der Waals surface area contributed by atoms with E-state index < -0.39 is 37.3 Å². The lowest BCUT2D eigenvalue weighted by Gasteiger charge is -2.39. The SMILES string of the molecule is CC(C)=C/C=C/C(C)=C/C=C/C(C)=C/COC1O[C@H](CO)[C@@H](O)[C@H](O)[C@H]1O. The molecule has 1 fully saturated rings. The third kappa shape index (κ3) is 8.34. The molecule has 152 valence electrons. The van der Waals surface area contributed by atoms with Gasteiger partial charge < -0.3 is 29.9 Å². The van der Waals surface area contributed by atoms with Gasteiger partial charge in [-0.2, -0.15) is 0 Å². The summed E-state index contributed by atoms with van der Waals surface area (Å²) in [5.74, 6) is 0. The van der Waals surface area contributed by atoms with Crippen molar-refractivity contribution >= 4 is 0 Å². The van der Waals surface area contributed by atoms with Crippen molar-refractivity contribution in [2.75, 3.05) is 13.2 Å². The summed E-state index contributed by atoms with van der Waals surface area (Å²) >= 11 is 0. The Kier molecular flexibility index (Phi) is 10.5. The Bertz CT molecular complexity index is 596. The molecule has 0 radical (unpaired) electrons. The monoisotopic (exact) mass is 380 g/mol. The van der Waals surface area contributed by atoms with E-state index >= 15 is 0 Å². The third-order valence-electron chi connectivity index (χ3n) is 4.02. The average molecular weight is 380 g/mol. The van der Waals surface area contributed by atoms with E-state index in [9.17, 15) is 15.3 Å². The first-order chi connectivity index (χ1) is 12.8. The van der Waals surface area contributed by atoms with Gasteiger partial charge >= 0.3 is 0 Å². The summed E-state index contributed by atoms with van der Waals surface area (Å²) < 4.78 is 10.7. The lowest BCUT2D eigenvalue weighted by molar-refractivity contribution is -0.298. The van der Waals surface area contributed by atoms with Crippen molar-refractivity contribution in [2.24, 2.45) is 0 Å². The molecular formula is C21H32O6. The van der Waals surface area contributed by atoms with Crippen LogP contribution in [0.4, 0.5) is 0 Å². The van der Waals surface area contributed by atoms with Crippen molar-refractivity contribution < 1.29 is 29.9 Å². The lowest BCUT2D eigenvalue weighted by atomic mass is 9.99. The zero-order valence-electron chi connectivity index (χ0n) is 16.4. The largest absolute Gasteiger partial charge is 0.394 e. The van der Waals surface area contributed by atoms with Gasteiger partial charge in [-0.25, -0.2) is 0 Å². The predicted octanol–water partition coefficient (Wildman–Crippen LogP) is 1.77. The molecule has 0 aromatic carbocycles. The van der Waals surface area contributed by atoms with Crippen molar-refractivity contribution in [1.29, 1.82) is 0 Å². The molecule has 27 heavy (non-hydrogen) atoms. The highest BCUT2D eigenvalue weighted by molar-refractivity contribution is 5.28. The molecule has 1 aliphatic heterocycles. The van der Waals surface area contributed by atoms with Gasteiger partial charge in [0.1, 0.15) is 24.4 Å². The van der Waals surface area contributed by atoms with Crippen LogP contribution >= 0.6 is 0 Å². The molecule has 0 aromatic heterocycles. The van der Waals surface area contributed by atoms with E-state index in [1.807, 2.05) is 64.2 Å². The maximum atomic E-state index is 9.90. The van der Waals surface area contributed by atoms with Crippen LogP contribution in [0.25, 0.3) is 0 Å². The van der Waals surface area contributed by atoms with Gasteiger partial charge in [0.2, 0.25) is 0 Å². The van der Waals surface area contributed by atoms with Crippen LogP contribution in [0.2, 0.25) is 0 Å². The molecule has 0 spiro atoms. The lowest BCUT2D eigenvalue weighted by Crippen LogP contribution is -2.59. The number of ether oxygens (including phenoxy) is 2. The van der Waals surface area contributed by atoms with Crippen molar-refractivity contribution in [3.05, 3.63) is 59.3 Å². The van der Waals surface area contributed by atoms with Crippen LogP contribution in [0.5, 0.6) is 0 Å². The minimum absolute atomic E-state index is 0.155. The van der Waals surface area contributed by atoms with Crippen molar-refractivity contribution in [3.63, 3.8) is 0 Å². The fourth-order valence-corrected chi connectivity index (χ4v) is 2.35. The van der Waals surface area contributed by atoms with E-state index in [0.717, 1.165) is 11.1 Å². The summed E-state index contributed by atoms with van der Waals surface area (Å²) in [7, 11) is 0. The zero-order chi connectivity index (χ0) is 20.4. The minimum atomic E-state index is -1.43. The van der Waals surface area contributed by atoms with E-state index in [1.165, 1.54) is 5.57 Å². The summed E-state index contributed by atoms with van der Waals surface area (Å²) in [5, 5.41) is 38.5. The van der Waals surface area contributed by atoms with Crippen LogP contribution < -0.4 is 0 Å². The van der Waals surface area contributed by atoms with Crippen LogP contribution in [0.1, 0.15) is 27.7 Å². The van der Waals surface area contributed by atoms with Gasteiger partial charge in [0.25, 0.3) is 0 Å². The Balaban J connectivity index is 2.52. The highest BCUT2D eigenvalue weighted by atomic mass is 16.7. The molecule has 0 bridgehead atoms. The summed E-state index contributed by atoms with van der Waals surface area (Å²) in [5.41, 5.74) is 3.32. The van der Waals surface area contributed by atoms with Gasteiger partial charge in [-0.15, -0.1) is 0 Å². The second-order valence-electron chi connectivity index (χ2n) is 6.85. The van der Waals surface area contributed by atoms with Gasteiger partial charge in [-0.1, -0.05) is 59.3 Å². The first kappa shape index (κ1) is 23.5. The first-order valence-electron chi connectivity index (χ1n) is 9.01. The van der Waals surface area contributed by atoms with E-state index in [1.54, 1.807) is 6.08 Å². The first-order valence-corrected chi connectivity index (χ1v) is 9.01. The molecule has 0 aliphatic carbocycles. The molecule has 1 rings (SSSR count). The summed E-state index contributed by atoms with van der Waals surface area (Å²) in [6.07, 6.45) is 7.45. The highest BCUT2D eigenvalue weighted by Gasteiger charge is 2.43. The number of aliphatic hydroxyl groups excluding tert-OH is 4. The quantitative estimate of drug-likeness (QED) is 0.479. The zero-order valence-corrected chi connectivity index (χ0v) is 16.4. The van der Waals surface area contributed by atoms with Crippen molar-refractivity contribution in [3.8, 4) is 0 Å². The maximum Gasteiger partial charge on any atom is 0.187 e. The molecule has 6 heteroatoms. The molecule has 0 saturated carbocycles. The number of rotatable bonds is 8.